The molecule has 12 bridgehead atoms. The van der Waals surface area contributed by atoms with E-state index in [0.717, 1.165) is 71.0 Å². The summed E-state index contributed by atoms with van der Waals surface area (Å²) < 4.78 is 0. The highest BCUT2D eigenvalue weighted by molar-refractivity contribution is 7.02. The number of rotatable bonds is 3. The monoisotopic (exact) mass is 1870 g/mol. The van der Waals surface area contributed by atoms with Crippen molar-refractivity contribution in [1.29, 1.82) is 0 Å². The average Bonchev–Trinajstić information content (AvgIpc) is 0.668. The van der Waals surface area contributed by atoms with Crippen LogP contribution in [0.5, 0.6) is 0 Å². The summed E-state index contributed by atoms with van der Waals surface area (Å²) in [6.07, 6.45) is 21.3. The highest BCUT2D eigenvalue weighted by atomic mass is 15.2. The van der Waals surface area contributed by atoms with Gasteiger partial charge in [-0.15, -0.1) is 0 Å². The SMILES string of the molecule is Cc1ccc2c(c1)B1c3cccc4c3N(c3ccccc3C43C4CC5CC(C4)CC3C5)c3cccc(c31)N2c1ccc(C(C)(C)C)cc1.Cc1ccc2c(c1)N(c1ccc(C(C)(C)C)cc1)c1cccc3c1B2c1cccc2c1N3c1ccccc1C21C2CC3CC(C2)CC1C3.Cc1cccc2c1N(c1ccc(C(C)(C)C)cc1)c1cccc3c1B2c1cccc2c1N3c1ccccc1C21C2CC3CC(C2)CC1C3. The smallest absolute Gasteiger partial charge is 0.252 e. The molecule has 0 amide bonds. The fourth-order valence-corrected chi connectivity index (χ4v) is 36.2. The Morgan fingerprint density at radius 2 is 0.479 bits per heavy atom. The van der Waals surface area contributed by atoms with Gasteiger partial charge in [-0.2, -0.15) is 0 Å². The van der Waals surface area contributed by atoms with E-state index < -0.39 is 0 Å². The Bertz CT molecular complexity index is 7740. The first-order valence-electron chi connectivity index (χ1n) is 55.5. The van der Waals surface area contributed by atoms with Gasteiger partial charge in [0.15, 0.2) is 0 Å². The first kappa shape index (κ1) is 85.7. The van der Waals surface area contributed by atoms with Gasteiger partial charge in [-0.05, 0) is 418 Å². The molecule has 36 rings (SSSR count). The molecule has 0 unspecified atom stereocenters. The third-order valence-corrected chi connectivity index (χ3v) is 40.9. The molecule has 9 aliphatic heterocycles. The Balaban J connectivity index is 0.0000000986. The summed E-state index contributed by atoms with van der Waals surface area (Å²) >= 11 is 0. The van der Waals surface area contributed by atoms with Crippen molar-refractivity contribution in [3.05, 3.63) is 376 Å². The van der Waals surface area contributed by atoms with Crippen LogP contribution < -0.4 is 78.6 Å². The molecule has 21 aliphatic rings. The Kier molecular flexibility index (Phi) is 17.9. The van der Waals surface area contributed by atoms with Gasteiger partial charge in [0.05, 0.1) is 17.1 Å². The largest absolute Gasteiger partial charge is 0.311 e. The second-order valence-electron chi connectivity index (χ2n) is 51.3. The number of benzene rings is 15. The van der Waals surface area contributed by atoms with Gasteiger partial charge >= 0.3 is 0 Å². The highest BCUT2D eigenvalue weighted by Crippen LogP contribution is 2.75. The van der Waals surface area contributed by atoms with Crippen LogP contribution in [-0.4, -0.2) is 20.1 Å². The summed E-state index contributed by atoms with van der Waals surface area (Å²) in [4.78, 5) is 15.8. The number of fused-ring (bicyclic) bond motifs is 18. The van der Waals surface area contributed by atoms with Gasteiger partial charge in [0.2, 0.25) is 0 Å². The van der Waals surface area contributed by atoms with Gasteiger partial charge in [0.25, 0.3) is 20.1 Å². The number of para-hydroxylation sites is 7. The van der Waals surface area contributed by atoms with Crippen LogP contribution in [0.2, 0.25) is 0 Å². The van der Waals surface area contributed by atoms with Crippen LogP contribution in [-0.2, 0) is 32.5 Å². The minimum Gasteiger partial charge on any atom is -0.311 e. The van der Waals surface area contributed by atoms with E-state index in [1.807, 2.05) is 0 Å². The van der Waals surface area contributed by atoms with Crippen molar-refractivity contribution in [2.24, 2.45) is 71.0 Å². The zero-order valence-electron chi connectivity index (χ0n) is 85.9. The maximum absolute atomic E-state index is 2.70. The third-order valence-electron chi connectivity index (χ3n) is 40.9. The number of aryl methyl sites for hydroxylation is 3. The normalized spacial score (nSPS) is 26.7. The van der Waals surface area contributed by atoms with Crippen LogP contribution in [0.15, 0.2) is 309 Å². The van der Waals surface area contributed by atoms with E-state index in [1.54, 1.807) is 33.4 Å². The zero-order chi connectivity index (χ0) is 96.3. The molecule has 708 valence electrons. The Morgan fingerprint density at radius 1 is 0.208 bits per heavy atom. The standard InChI is InChI=1S/3C45H43BN2/c1-27-10-7-13-36-42(27)47(33-20-18-30(19-21-33)44(2,3)4)39-16-9-17-40-41(39)46(36)37-14-8-12-35-43(37)48(40)38-15-6-5-11-34(38)45(35)31-23-28-22-29(25-31)26-32(45)24-28;1-27-15-20-36-41(21-27)47(33-18-16-30(17-19-33)44(2,3)4)39-13-8-14-40-42(39)46(36)37-11-7-10-35-43(37)48(40)38-12-6-5-9-34(38)45(35)31-23-28-22-29(25-31)26-32(45)24-28;1-27-15-20-39-37(21-27)46-36-11-7-10-35-43(36)48(38-12-6-5-9-34(38)45(35)31-23-28-22-29(25-31)26-32(45)24-28)41-14-8-13-40(42(41)46)47(39)33-18-16-30(17-19-33)44(2,3)4/h3*5-21,28-29,31-32H,22-26H2,1-4H3. The van der Waals surface area contributed by atoms with Crippen LogP contribution in [0.4, 0.5) is 102 Å². The first-order chi connectivity index (χ1) is 70.0. The molecule has 15 aromatic carbocycles. The van der Waals surface area contributed by atoms with Gasteiger partial charge in [-0.25, -0.2) is 0 Å². The quantitative estimate of drug-likeness (QED) is 0.163. The summed E-state index contributed by atoms with van der Waals surface area (Å²) in [6.45, 7) is 28.1. The Morgan fingerprint density at radius 3 is 0.840 bits per heavy atom. The number of hydrogen-bond acceptors (Lipinski definition) is 6. The molecule has 12 fully saturated rings. The summed E-state index contributed by atoms with van der Waals surface area (Å²) in [7, 11) is 0. The predicted molar refractivity (Wildman–Crippen MR) is 605 cm³/mol. The van der Waals surface area contributed by atoms with Gasteiger partial charge in [0.1, 0.15) is 0 Å². The minimum atomic E-state index is 0.114. The van der Waals surface area contributed by atoms with E-state index >= 15 is 0 Å². The second-order valence-corrected chi connectivity index (χ2v) is 51.3. The van der Waals surface area contributed by atoms with E-state index in [1.165, 1.54) is 281 Å². The van der Waals surface area contributed by atoms with Crippen molar-refractivity contribution < 1.29 is 0 Å². The molecule has 0 radical (unpaired) electrons. The molecular formula is C135H129B3N6. The molecule has 0 aromatic heterocycles. The van der Waals surface area contributed by atoms with Crippen LogP contribution in [0.3, 0.4) is 0 Å². The Labute approximate surface area is 854 Å². The lowest BCUT2D eigenvalue weighted by Gasteiger charge is -2.64. The zero-order valence-corrected chi connectivity index (χ0v) is 85.9. The van der Waals surface area contributed by atoms with Crippen LogP contribution in [0, 0.1) is 91.8 Å². The van der Waals surface area contributed by atoms with Crippen LogP contribution in [0.1, 0.15) is 225 Å². The Hall–Kier alpha value is -12.7. The van der Waals surface area contributed by atoms with Gasteiger partial charge < -0.3 is 29.4 Å². The van der Waals surface area contributed by atoms with E-state index in [9.17, 15) is 0 Å². The molecular weight excluding hydrogens is 1740 g/mol. The lowest BCUT2D eigenvalue weighted by molar-refractivity contribution is -0.0419. The second kappa shape index (κ2) is 30.0. The molecule has 0 N–H and O–H groups in total. The summed E-state index contributed by atoms with van der Waals surface area (Å²) in [6, 6.07) is 122. The van der Waals surface area contributed by atoms with Gasteiger partial charge in [-0.3, -0.25) is 0 Å². The molecule has 3 spiro atoms. The maximum atomic E-state index is 2.70. The average molecular weight is 1870 g/mol. The predicted octanol–water partition coefficient (Wildman–Crippen LogP) is 28.3. The van der Waals surface area contributed by atoms with Crippen molar-refractivity contribution in [3.8, 4) is 0 Å². The molecule has 144 heavy (non-hydrogen) atoms. The van der Waals surface area contributed by atoms with Gasteiger partial charge in [-0.1, -0.05) is 274 Å². The molecule has 9 heteroatoms. The number of nitrogens with zero attached hydrogens (tertiary/aromatic N) is 6. The van der Waals surface area contributed by atoms with Crippen molar-refractivity contribution in [3.63, 3.8) is 0 Å². The number of hydrogen-bond donors (Lipinski definition) is 0. The summed E-state index contributed by atoms with van der Waals surface area (Å²) in [5, 5.41) is 0. The lowest BCUT2D eigenvalue weighted by Crippen LogP contribution is -2.64. The summed E-state index contributed by atoms with van der Waals surface area (Å²) in [5.41, 5.74) is 55.9. The fraction of sp³-hybridized carbons (Fsp3) is 0.333. The molecule has 0 atom stereocenters. The highest BCUT2D eigenvalue weighted by Gasteiger charge is 2.68. The molecule has 12 aliphatic carbocycles. The van der Waals surface area contributed by atoms with Crippen LogP contribution in [0.25, 0.3) is 0 Å². The number of anilines is 18. The molecule has 6 nitrogen and oxygen atoms in total. The lowest BCUT2D eigenvalue weighted by atomic mass is 9.32. The topological polar surface area (TPSA) is 19.4 Å². The molecule has 15 aromatic rings. The van der Waals surface area contributed by atoms with E-state index in [2.05, 4.69) is 422 Å². The van der Waals surface area contributed by atoms with Crippen LogP contribution >= 0.6 is 0 Å². The van der Waals surface area contributed by atoms with Crippen molar-refractivity contribution in [2.45, 2.75) is 212 Å². The van der Waals surface area contributed by atoms with E-state index in [4.69, 9.17) is 0 Å². The van der Waals surface area contributed by atoms with E-state index in [0.29, 0.717) is 0 Å². The van der Waals surface area contributed by atoms with Crippen molar-refractivity contribution in [2.75, 3.05) is 29.4 Å². The molecule has 12 saturated carbocycles. The third kappa shape index (κ3) is 11.4. The molecule has 9 heterocycles. The fourth-order valence-electron chi connectivity index (χ4n) is 36.2. The van der Waals surface area contributed by atoms with E-state index in [-0.39, 0.29) is 52.6 Å². The van der Waals surface area contributed by atoms with Crippen molar-refractivity contribution in [1.82, 2.24) is 0 Å². The van der Waals surface area contributed by atoms with Crippen molar-refractivity contribution >= 4 is 172 Å². The minimum absolute atomic E-state index is 0.114. The first-order valence-corrected chi connectivity index (χ1v) is 55.5. The summed E-state index contributed by atoms with van der Waals surface area (Å²) in [5.74, 6) is 10.0. The maximum Gasteiger partial charge on any atom is 0.252 e. The van der Waals surface area contributed by atoms with Gasteiger partial charge in [0, 0.05) is 102 Å². The molecule has 0 saturated heterocycles.